The van der Waals surface area contributed by atoms with Crippen molar-refractivity contribution in [2.75, 3.05) is 19.6 Å². The molecule has 0 bridgehead atoms. The van der Waals surface area contributed by atoms with Crippen molar-refractivity contribution < 1.29 is 9.59 Å². The Hall–Kier alpha value is -0.900. The summed E-state index contributed by atoms with van der Waals surface area (Å²) < 4.78 is 0. The second-order valence-electron chi connectivity index (χ2n) is 5.14. The van der Waals surface area contributed by atoms with Crippen LogP contribution in [-0.2, 0) is 9.59 Å². The van der Waals surface area contributed by atoms with Gasteiger partial charge < -0.3 is 5.32 Å². The van der Waals surface area contributed by atoms with Gasteiger partial charge in [-0.15, -0.1) is 0 Å². The number of ketones is 1. The summed E-state index contributed by atoms with van der Waals surface area (Å²) in [5.41, 5.74) is 0. The maximum absolute atomic E-state index is 11.9. The highest BCUT2D eigenvalue weighted by molar-refractivity contribution is 5.83. The van der Waals surface area contributed by atoms with Gasteiger partial charge in [-0.3, -0.25) is 14.5 Å². The third-order valence-electron chi connectivity index (χ3n) is 3.82. The lowest BCUT2D eigenvalue weighted by Crippen LogP contribution is -2.47. The molecular weight excluding hydrogens is 228 g/mol. The fourth-order valence-electron chi connectivity index (χ4n) is 2.45. The van der Waals surface area contributed by atoms with Gasteiger partial charge in [0.15, 0.2) is 0 Å². The summed E-state index contributed by atoms with van der Waals surface area (Å²) in [4.78, 5) is 25.6. The van der Waals surface area contributed by atoms with E-state index in [9.17, 15) is 9.59 Å². The highest BCUT2D eigenvalue weighted by Gasteiger charge is 2.26. The van der Waals surface area contributed by atoms with E-state index in [1.54, 1.807) is 0 Å². The number of carbonyl (C=O) groups is 2. The van der Waals surface area contributed by atoms with E-state index in [0.29, 0.717) is 18.7 Å². The summed E-state index contributed by atoms with van der Waals surface area (Å²) in [6, 6.07) is 0.283. The van der Waals surface area contributed by atoms with Gasteiger partial charge in [-0.05, 0) is 19.3 Å². The summed E-state index contributed by atoms with van der Waals surface area (Å²) in [5.74, 6) is 0.571. The zero-order valence-electron chi connectivity index (χ0n) is 11.9. The lowest BCUT2D eigenvalue weighted by atomic mass is 9.94. The lowest BCUT2D eigenvalue weighted by Gasteiger charge is -2.31. The van der Waals surface area contributed by atoms with E-state index in [0.717, 1.165) is 32.4 Å². The molecule has 1 amide bonds. The molecule has 104 valence electrons. The Morgan fingerprint density at radius 3 is 2.61 bits per heavy atom. The summed E-state index contributed by atoms with van der Waals surface area (Å²) in [6.45, 7) is 8.11. The normalized spacial score (nSPS) is 21.3. The predicted molar refractivity (Wildman–Crippen MR) is 72.4 cm³/mol. The first-order valence-corrected chi connectivity index (χ1v) is 7.15. The number of carbonyl (C=O) groups excluding carboxylic acids is 2. The van der Waals surface area contributed by atoms with Crippen molar-refractivity contribution in [2.24, 2.45) is 5.92 Å². The molecule has 0 aliphatic carbocycles. The molecule has 1 N–H and O–H groups in total. The third-order valence-corrected chi connectivity index (χ3v) is 3.82. The molecule has 1 aliphatic rings. The van der Waals surface area contributed by atoms with Gasteiger partial charge in [0.05, 0.1) is 6.54 Å². The van der Waals surface area contributed by atoms with Crippen LogP contribution in [0.5, 0.6) is 0 Å². The summed E-state index contributed by atoms with van der Waals surface area (Å²) in [7, 11) is 0. The molecule has 1 atom stereocenters. The molecule has 1 rings (SSSR count). The van der Waals surface area contributed by atoms with E-state index in [-0.39, 0.29) is 17.9 Å². The Bertz CT molecular complexity index is 288. The van der Waals surface area contributed by atoms with Crippen molar-refractivity contribution >= 4 is 11.7 Å². The topological polar surface area (TPSA) is 49.4 Å². The van der Waals surface area contributed by atoms with Crippen LogP contribution in [0.4, 0.5) is 0 Å². The minimum atomic E-state index is 0.0907. The van der Waals surface area contributed by atoms with Crippen LogP contribution >= 0.6 is 0 Å². The molecule has 0 aromatic heterocycles. The van der Waals surface area contributed by atoms with Crippen LogP contribution in [0.1, 0.15) is 46.5 Å². The zero-order valence-corrected chi connectivity index (χ0v) is 11.9. The zero-order chi connectivity index (χ0) is 13.5. The Kier molecular flexibility index (Phi) is 6.33. The largest absolute Gasteiger partial charge is 0.352 e. The number of hydrogen-bond acceptors (Lipinski definition) is 3. The van der Waals surface area contributed by atoms with Gasteiger partial charge in [-0.2, -0.15) is 0 Å². The molecule has 0 spiro atoms. The van der Waals surface area contributed by atoms with Crippen molar-refractivity contribution in [1.82, 2.24) is 10.2 Å². The first-order chi connectivity index (χ1) is 8.60. The minimum absolute atomic E-state index is 0.0907. The van der Waals surface area contributed by atoms with E-state index < -0.39 is 0 Å². The lowest BCUT2D eigenvalue weighted by molar-refractivity contribution is -0.129. The van der Waals surface area contributed by atoms with Crippen molar-refractivity contribution in [3.8, 4) is 0 Å². The van der Waals surface area contributed by atoms with E-state index in [1.807, 2.05) is 6.92 Å². The first-order valence-electron chi connectivity index (χ1n) is 7.15. The van der Waals surface area contributed by atoms with Crippen LogP contribution in [0.15, 0.2) is 0 Å². The maximum atomic E-state index is 11.9. The van der Waals surface area contributed by atoms with E-state index in [4.69, 9.17) is 0 Å². The van der Waals surface area contributed by atoms with E-state index in [2.05, 4.69) is 24.1 Å². The summed E-state index contributed by atoms with van der Waals surface area (Å²) in [5, 5.41) is 3.04. The first kappa shape index (κ1) is 15.2. The number of nitrogens with zero attached hydrogens (tertiary/aromatic N) is 1. The Balaban J connectivity index is 2.38. The van der Waals surface area contributed by atoms with Gasteiger partial charge in [0.1, 0.15) is 5.78 Å². The Morgan fingerprint density at radius 1 is 1.39 bits per heavy atom. The van der Waals surface area contributed by atoms with Gasteiger partial charge in [-0.1, -0.05) is 20.8 Å². The SMILES string of the molecule is CCC(CC)NC(=O)CN1CCC(=O)C(CC)C1. The molecule has 0 aromatic carbocycles. The molecule has 0 saturated carbocycles. The molecule has 18 heavy (non-hydrogen) atoms. The van der Waals surface area contributed by atoms with Crippen LogP contribution in [0, 0.1) is 5.92 Å². The highest BCUT2D eigenvalue weighted by Crippen LogP contribution is 2.15. The molecule has 4 heteroatoms. The monoisotopic (exact) mass is 254 g/mol. The highest BCUT2D eigenvalue weighted by atomic mass is 16.2. The number of piperidine rings is 1. The van der Waals surface area contributed by atoms with Crippen LogP contribution in [0.2, 0.25) is 0 Å². The van der Waals surface area contributed by atoms with Gasteiger partial charge in [0, 0.05) is 31.5 Å². The average Bonchev–Trinajstić information content (AvgIpc) is 2.38. The summed E-state index contributed by atoms with van der Waals surface area (Å²) in [6.07, 6.45) is 3.41. The molecule has 4 nitrogen and oxygen atoms in total. The quantitative estimate of drug-likeness (QED) is 0.783. The van der Waals surface area contributed by atoms with Crippen molar-refractivity contribution in [1.29, 1.82) is 0 Å². The number of Topliss-reactive ketones (excluding diaryl/α,β-unsaturated/α-hetero) is 1. The predicted octanol–water partition coefficient (Wildman–Crippen LogP) is 1.59. The van der Waals surface area contributed by atoms with Crippen LogP contribution in [0.25, 0.3) is 0 Å². The van der Waals surface area contributed by atoms with Gasteiger partial charge in [-0.25, -0.2) is 0 Å². The minimum Gasteiger partial charge on any atom is -0.352 e. The molecular formula is C14H26N2O2. The van der Waals surface area contributed by atoms with E-state index in [1.165, 1.54) is 0 Å². The second-order valence-corrected chi connectivity index (χ2v) is 5.14. The molecule has 0 aromatic rings. The van der Waals surface area contributed by atoms with Crippen molar-refractivity contribution in [3.05, 3.63) is 0 Å². The van der Waals surface area contributed by atoms with Crippen molar-refractivity contribution in [2.45, 2.75) is 52.5 Å². The Morgan fingerprint density at radius 2 is 2.06 bits per heavy atom. The maximum Gasteiger partial charge on any atom is 0.234 e. The second kappa shape index (κ2) is 7.52. The smallest absolute Gasteiger partial charge is 0.234 e. The summed E-state index contributed by atoms with van der Waals surface area (Å²) >= 11 is 0. The molecule has 1 fully saturated rings. The number of nitrogens with one attached hydrogen (secondary N) is 1. The number of likely N-dealkylation sites (tertiary alicyclic amines) is 1. The van der Waals surface area contributed by atoms with Crippen LogP contribution in [0.3, 0.4) is 0 Å². The number of hydrogen-bond donors (Lipinski definition) is 1. The molecule has 1 aliphatic heterocycles. The fraction of sp³-hybridized carbons (Fsp3) is 0.857. The standard InChI is InChI=1S/C14H26N2O2/c1-4-11-9-16(8-7-13(11)17)10-14(18)15-12(5-2)6-3/h11-12H,4-10H2,1-3H3,(H,15,18). The fourth-order valence-corrected chi connectivity index (χ4v) is 2.45. The molecule has 1 heterocycles. The van der Waals surface area contributed by atoms with Gasteiger partial charge >= 0.3 is 0 Å². The molecule has 1 unspecified atom stereocenters. The van der Waals surface area contributed by atoms with E-state index >= 15 is 0 Å². The molecule has 1 saturated heterocycles. The van der Waals surface area contributed by atoms with Crippen molar-refractivity contribution in [3.63, 3.8) is 0 Å². The van der Waals surface area contributed by atoms with Crippen LogP contribution < -0.4 is 5.32 Å². The van der Waals surface area contributed by atoms with Gasteiger partial charge in [0.25, 0.3) is 0 Å². The number of rotatable bonds is 6. The Labute approximate surface area is 110 Å². The molecule has 0 radical (unpaired) electrons. The average molecular weight is 254 g/mol. The third kappa shape index (κ3) is 4.41. The van der Waals surface area contributed by atoms with Crippen LogP contribution in [-0.4, -0.2) is 42.3 Å². The van der Waals surface area contributed by atoms with Gasteiger partial charge in [0.2, 0.25) is 5.91 Å². The number of amides is 1.